The van der Waals surface area contributed by atoms with E-state index in [2.05, 4.69) is 17.4 Å². The van der Waals surface area contributed by atoms with Gasteiger partial charge in [0.2, 0.25) is 17.4 Å². The van der Waals surface area contributed by atoms with E-state index >= 15 is 0 Å². The SMILES string of the molecule is Cc1cc(C)c2c(c1)[C@@]1(C(=O)N2)[C@@H]2C(=O)N(Cc3ccccc3)C(=O)[C@@H]2[C@@H]2CCC[NH+]21. The van der Waals surface area contributed by atoms with Crippen molar-refractivity contribution in [3.05, 3.63) is 64.7 Å². The molecule has 31 heavy (non-hydrogen) atoms. The molecule has 2 aromatic rings. The molecule has 4 aliphatic heterocycles. The van der Waals surface area contributed by atoms with Gasteiger partial charge in [0.15, 0.2) is 0 Å². The number of hydrogen-bond donors (Lipinski definition) is 2. The number of carbonyl (C=O) groups excluding carboxylic acids is 3. The highest BCUT2D eigenvalue weighted by molar-refractivity contribution is 6.14. The molecule has 6 heteroatoms. The Morgan fingerprint density at radius 3 is 2.65 bits per heavy atom. The fraction of sp³-hybridized carbons (Fsp3) is 0.400. The number of amides is 3. The van der Waals surface area contributed by atoms with Crippen LogP contribution in [-0.4, -0.2) is 35.2 Å². The fourth-order valence-corrected chi connectivity index (χ4v) is 6.90. The van der Waals surface area contributed by atoms with Gasteiger partial charge in [-0.2, -0.15) is 0 Å². The minimum Gasteiger partial charge on any atom is -0.320 e. The van der Waals surface area contributed by atoms with Gasteiger partial charge in [0.25, 0.3) is 5.91 Å². The van der Waals surface area contributed by atoms with Crippen LogP contribution in [-0.2, 0) is 26.5 Å². The van der Waals surface area contributed by atoms with Crippen LogP contribution in [0.5, 0.6) is 0 Å². The fourth-order valence-electron chi connectivity index (χ4n) is 6.90. The third-order valence-electron chi connectivity index (χ3n) is 7.94. The number of quaternary nitrogens is 1. The number of likely N-dealkylation sites (tertiary alicyclic amines) is 1. The quantitative estimate of drug-likeness (QED) is 0.726. The van der Waals surface area contributed by atoms with E-state index < -0.39 is 17.4 Å². The number of carbonyl (C=O) groups is 3. The highest BCUT2D eigenvalue weighted by Crippen LogP contribution is 2.52. The van der Waals surface area contributed by atoms with Crippen LogP contribution >= 0.6 is 0 Å². The first-order chi connectivity index (χ1) is 14.9. The number of imide groups is 1. The zero-order valence-electron chi connectivity index (χ0n) is 17.8. The molecule has 0 saturated carbocycles. The van der Waals surface area contributed by atoms with Gasteiger partial charge in [-0.1, -0.05) is 42.0 Å². The predicted octanol–water partition coefficient (Wildman–Crippen LogP) is 1.31. The molecule has 0 aliphatic carbocycles. The van der Waals surface area contributed by atoms with E-state index in [-0.39, 0.29) is 30.3 Å². The van der Waals surface area contributed by atoms with E-state index in [1.54, 1.807) is 0 Å². The molecule has 4 aliphatic rings. The van der Waals surface area contributed by atoms with E-state index in [0.717, 1.165) is 52.2 Å². The number of rotatable bonds is 2. The molecule has 6 rings (SSSR count). The minimum atomic E-state index is -1.00. The van der Waals surface area contributed by atoms with Crippen LogP contribution in [0.4, 0.5) is 5.69 Å². The topological polar surface area (TPSA) is 70.9 Å². The highest BCUT2D eigenvalue weighted by atomic mass is 16.2. The van der Waals surface area contributed by atoms with Crippen molar-refractivity contribution in [2.75, 3.05) is 11.9 Å². The van der Waals surface area contributed by atoms with Crippen molar-refractivity contribution in [1.29, 1.82) is 0 Å². The molecule has 158 valence electrons. The summed E-state index contributed by atoms with van der Waals surface area (Å²) in [7, 11) is 0. The second kappa shape index (κ2) is 6.26. The molecule has 2 N–H and O–H groups in total. The van der Waals surface area contributed by atoms with Gasteiger partial charge in [-0.3, -0.25) is 19.3 Å². The second-order valence-corrected chi connectivity index (χ2v) is 9.54. The Morgan fingerprint density at radius 2 is 1.87 bits per heavy atom. The lowest BCUT2D eigenvalue weighted by Gasteiger charge is -2.33. The van der Waals surface area contributed by atoms with Crippen LogP contribution in [0.25, 0.3) is 0 Å². The summed E-state index contributed by atoms with van der Waals surface area (Å²) >= 11 is 0. The van der Waals surface area contributed by atoms with E-state index in [1.807, 2.05) is 44.2 Å². The van der Waals surface area contributed by atoms with Gasteiger partial charge in [0, 0.05) is 18.4 Å². The van der Waals surface area contributed by atoms with Crippen LogP contribution in [0.3, 0.4) is 0 Å². The third-order valence-corrected chi connectivity index (χ3v) is 7.94. The maximum Gasteiger partial charge on any atom is 0.291 e. The lowest BCUT2D eigenvalue weighted by molar-refractivity contribution is -0.948. The van der Waals surface area contributed by atoms with Gasteiger partial charge >= 0.3 is 0 Å². The van der Waals surface area contributed by atoms with Crippen molar-refractivity contribution in [2.24, 2.45) is 11.8 Å². The van der Waals surface area contributed by atoms with Crippen LogP contribution in [0.2, 0.25) is 0 Å². The van der Waals surface area contributed by atoms with Crippen molar-refractivity contribution in [1.82, 2.24) is 4.90 Å². The molecule has 0 bridgehead atoms. The zero-order chi connectivity index (χ0) is 21.5. The summed E-state index contributed by atoms with van der Waals surface area (Å²) in [5.41, 5.74) is 3.75. The number of benzene rings is 2. The number of aryl methyl sites for hydroxylation is 2. The Balaban J connectivity index is 1.52. The molecule has 3 amide bonds. The predicted molar refractivity (Wildman–Crippen MR) is 114 cm³/mol. The summed E-state index contributed by atoms with van der Waals surface area (Å²) in [5, 5.41) is 3.11. The summed E-state index contributed by atoms with van der Waals surface area (Å²) in [6, 6.07) is 13.7. The number of hydrogen-bond acceptors (Lipinski definition) is 3. The van der Waals surface area contributed by atoms with Gasteiger partial charge < -0.3 is 10.2 Å². The van der Waals surface area contributed by atoms with Gasteiger partial charge in [0.1, 0.15) is 17.9 Å². The molecule has 5 atom stereocenters. The van der Waals surface area contributed by atoms with Gasteiger partial charge in [-0.05, 0) is 31.0 Å². The molecule has 4 heterocycles. The molecular formula is C25H26N3O3+. The molecule has 3 fully saturated rings. The number of nitrogens with zero attached hydrogens (tertiary/aromatic N) is 1. The van der Waals surface area contributed by atoms with Gasteiger partial charge in [0.05, 0.1) is 18.8 Å². The van der Waals surface area contributed by atoms with Crippen molar-refractivity contribution in [3.8, 4) is 0 Å². The first kappa shape index (κ1) is 18.8. The maximum absolute atomic E-state index is 13.8. The Bertz CT molecular complexity index is 1140. The van der Waals surface area contributed by atoms with Crippen LogP contribution in [0, 0.1) is 25.7 Å². The Kier molecular flexibility index (Phi) is 3.79. The largest absolute Gasteiger partial charge is 0.320 e. The van der Waals surface area contributed by atoms with Crippen LogP contribution in [0.15, 0.2) is 42.5 Å². The number of anilines is 1. The summed E-state index contributed by atoms with van der Waals surface area (Å²) in [6.45, 7) is 5.11. The normalized spacial score (nSPS) is 33.1. The number of nitrogens with one attached hydrogen (secondary N) is 2. The van der Waals surface area contributed by atoms with E-state index in [9.17, 15) is 14.4 Å². The van der Waals surface area contributed by atoms with Crippen LogP contribution in [0.1, 0.15) is 35.1 Å². The minimum absolute atomic E-state index is 0.0136. The molecule has 2 aromatic carbocycles. The molecule has 0 aromatic heterocycles. The second-order valence-electron chi connectivity index (χ2n) is 9.54. The molecule has 6 nitrogen and oxygen atoms in total. The van der Waals surface area contributed by atoms with Gasteiger partial charge in [-0.25, -0.2) is 0 Å². The van der Waals surface area contributed by atoms with Crippen LogP contribution < -0.4 is 10.2 Å². The van der Waals surface area contributed by atoms with E-state index in [0.29, 0.717) is 0 Å². The molecule has 1 spiro atoms. The third kappa shape index (κ3) is 2.23. The Morgan fingerprint density at radius 1 is 1.10 bits per heavy atom. The van der Waals surface area contributed by atoms with E-state index in [1.165, 1.54) is 4.90 Å². The van der Waals surface area contributed by atoms with Gasteiger partial charge in [-0.15, -0.1) is 0 Å². The highest BCUT2D eigenvalue weighted by Gasteiger charge is 2.78. The van der Waals surface area contributed by atoms with Crippen molar-refractivity contribution in [3.63, 3.8) is 0 Å². The summed E-state index contributed by atoms with van der Waals surface area (Å²) in [6.07, 6.45) is 1.85. The summed E-state index contributed by atoms with van der Waals surface area (Å²) in [5.74, 6) is -1.47. The van der Waals surface area contributed by atoms with Crippen molar-refractivity contribution >= 4 is 23.4 Å². The lowest BCUT2D eigenvalue weighted by Crippen LogP contribution is -3.19. The zero-order valence-corrected chi connectivity index (χ0v) is 17.8. The Hall–Kier alpha value is -2.99. The summed E-state index contributed by atoms with van der Waals surface area (Å²) < 4.78 is 0. The first-order valence-electron chi connectivity index (χ1n) is 11.1. The molecule has 0 radical (unpaired) electrons. The monoisotopic (exact) mass is 416 g/mol. The summed E-state index contributed by atoms with van der Waals surface area (Å²) in [4.78, 5) is 43.7. The smallest absolute Gasteiger partial charge is 0.291 e. The first-order valence-corrected chi connectivity index (χ1v) is 11.1. The standard InChI is InChI=1S/C25H25N3O3/c1-14-11-15(2)21-17(12-14)25(24(31)26-21)20-19(18-9-6-10-28(18)25)22(29)27(23(20)30)13-16-7-4-3-5-8-16/h3-5,7-8,11-12,18-20H,6,9-10,13H2,1-2H3,(H,26,31)/p+1/t18-,19+,20-,25-/m0/s1. The molecular weight excluding hydrogens is 390 g/mol. The Labute approximate surface area is 181 Å². The number of fused-ring (bicyclic) bond motifs is 7. The lowest BCUT2D eigenvalue weighted by atomic mass is 9.75. The molecule has 1 unspecified atom stereocenters. The molecule has 3 saturated heterocycles. The van der Waals surface area contributed by atoms with E-state index in [4.69, 9.17) is 0 Å². The van der Waals surface area contributed by atoms with Crippen molar-refractivity contribution < 1.29 is 19.3 Å². The van der Waals surface area contributed by atoms with Crippen molar-refractivity contribution in [2.45, 2.75) is 44.8 Å². The average Bonchev–Trinajstić information content (AvgIpc) is 3.45. The average molecular weight is 417 g/mol. The maximum atomic E-state index is 13.8.